The maximum atomic E-state index is 11.7. The fraction of sp³-hybridized carbons (Fsp3) is 0.562. The Kier molecular flexibility index (Phi) is 7.81. The highest BCUT2D eigenvalue weighted by atomic mass is 16.2. The summed E-state index contributed by atoms with van der Waals surface area (Å²) in [4.78, 5) is 57.7. The van der Waals surface area contributed by atoms with Crippen molar-refractivity contribution in [3.8, 4) is 0 Å². The van der Waals surface area contributed by atoms with Gasteiger partial charge >= 0.3 is 0 Å². The molecule has 0 aromatic heterocycles. The van der Waals surface area contributed by atoms with E-state index in [1.165, 1.54) is 6.08 Å². The molecular weight excluding hydrogens is 314 g/mol. The highest BCUT2D eigenvalue weighted by molar-refractivity contribution is 6.15. The van der Waals surface area contributed by atoms with Crippen LogP contribution in [0.4, 0.5) is 0 Å². The van der Waals surface area contributed by atoms with Crippen LogP contribution >= 0.6 is 0 Å². The lowest BCUT2D eigenvalue weighted by Gasteiger charge is -2.14. The van der Waals surface area contributed by atoms with Gasteiger partial charge in [-0.25, -0.2) is 0 Å². The summed E-state index contributed by atoms with van der Waals surface area (Å²) in [5, 5.41) is 5.15. The van der Waals surface area contributed by atoms with Crippen LogP contribution < -0.4 is 10.6 Å². The van der Waals surface area contributed by atoms with Crippen molar-refractivity contribution in [2.45, 2.75) is 45.6 Å². The molecule has 0 bridgehead atoms. The standard InChI is InChI=1S/C16H23N3O5/c1-11-9-15(23)19(16(11)24)8-7-17-13(21)5-3-4-6-14(22)18-12(2)10-20/h9-10,12H,3-8H2,1-2H3,(H,17,21)(H,18,22)/t12-/m0/s1. The maximum Gasteiger partial charge on any atom is 0.256 e. The van der Waals surface area contributed by atoms with Gasteiger partial charge in [-0.05, 0) is 26.7 Å². The van der Waals surface area contributed by atoms with Crippen LogP contribution in [0, 0.1) is 0 Å². The molecule has 1 aliphatic rings. The zero-order valence-corrected chi connectivity index (χ0v) is 14.0. The Morgan fingerprint density at radius 2 is 1.83 bits per heavy atom. The van der Waals surface area contributed by atoms with Crippen LogP contribution in [0.1, 0.15) is 39.5 Å². The number of amides is 4. The topological polar surface area (TPSA) is 113 Å². The van der Waals surface area contributed by atoms with Gasteiger partial charge in [0, 0.05) is 37.6 Å². The predicted molar refractivity (Wildman–Crippen MR) is 85.6 cm³/mol. The van der Waals surface area contributed by atoms with E-state index in [0.717, 1.165) is 4.90 Å². The molecule has 0 saturated heterocycles. The number of imide groups is 1. The van der Waals surface area contributed by atoms with Crippen molar-refractivity contribution in [3.63, 3.8) is 0 Å². The van der Waals surface area contributed by atoms with Crippen molar-refractivity contribution in [2.24, 2.45) is 0 Å². The Labute approximate surface area is 140 Å². The smallest absolute Gasteiger partial charge is 0.256 e. The number of unbranched alkanes of at least 4 members (excludes halogenated alkanes) is 1. The molecule has 0 saturated carbocycles. The Morgan fingerprint density at radius 3 is 2.38 bits per heavy atom. The minimum absolute atomic E-state index is 0.142. The average Bonchev–Trinajstić information content (AvgIpc) is 2.77. The van der Waals surface area contributed by atoms with Gasteiger partial charge in [0.15, 0.2) is 0 Å². The number of hydrogen-bond acceptors (Lipinski definition) is 5. The van der Waals surface area contributed by atoms with Crippen molar-refractivity contribution < 1.29 is 24.0 Å². The second kappa shape index (κ2) is 9.59. The van der Waals surface area contributed by atoms with Crippen LogP contribution in [0.3, 0.4) is 0 Å². The summed E-state index contributed by atoms with van der Waals surface area (Å²) in [6.07, 6.45) is 3.52. The summed E-state index contributed by atoms with van der Waals surface area (Å²) < 4.78 is 0. The zero-order valence-electron chi connectivity index (χ0n) is 14.0. The third-order valence-corrected chi connectivity index (χ3v) is 3.50. The largest absolute Gasteiger partial charge is 0.354 e. The van der Waals surface area contributed by atoms with Gasteiger partial charge in [0.05, 0.1) is 6.04 Å². The Morgan fingerprint density at radius 1 is 1.21 bits per heavy atom. The van der Waals surface area contributed by atoms with Crippen molar-refractivity contribution in [1.29, 1.82) is 0 Å². The summed E-state index contributed by atoms with van der Waals surface area (Å²) in [5.74, 6) is -1.10. The van der Waals surface area contributed by atoms with Gasteiger partial charge in [-0.3, -0.25) is 24.1 Å². The summed E-state index contributed by atoms with van der Waals surface area (Å²) in [7, 11) is 0. The molecule has 24 heavy (non-hydrogen) atoms. The minimum Gasteiger partial charge on any atom is -0.354 e. The van der Waals surface area contributed by atoms with E-state index >= 15 is 0 Å². The fourth-order valence-corrected chi connectivity index (χ4v) is 2.18. The van der Waals surface area contributed by atoms with Crippen LogP contribution in [0.15, 0.2) is 11.6 Å². The normalized spacial score (nSPS) is 15.1. The molecular formula is C16H23N3O5. The third-order valence-electron chi connectivity index (χ3n) is 3.50. The molecule has 2 N–H and O–H groups in total. The Hall–Kier alpha value is -2.51. The number of rotatable bonds is 10. The molecule has 4 amide bonds. The van der Waals surface area contributed by atoms with E-state index < -0.39 is 6.04 Å². The summed E-state index contributed by atoms with van der Waals surface area (Å²) in [6.45, 7) is 3.51. The quantitative estimate of drug-likeness (QED) is 0.322. The van der Waals surface area contributed by atoms with Crippen LogP contribution in [0.5, 0.6) is 0 Å². The van der Waals surface area contributed by atoms with Crippen LogP contribution in [0.2, 0.25) is 0 Å². The highest BCUT2D eigenvalue weighted by Gasteiger charge is 2.27. The summed E-state index contributed by atoms with van der Waals surface area (Å²) >= 11 is 0. The average molecular weight is 337 g/mol. The molecule has 0 fully saturated rings. The van der Waals surface area contributed by atoms with Gasteiger partial charge in [0.25, 0.3) is 11.8 Å². The first-order chi connectivity index (χ1) is 11.3. The molecule has 0 radical (unpaired) electrons. The maximum absolute atomic E-state index is 11.7. The fourth-order valence-electron chi connectivity index (χ4n) is 2.18. The number of aldehydes is 1. The molecule has 1 heterocycles. The molecule has 1 rings (SSSR count). The van der Waals surface area contributed by atoms with E-state index in [1.54, 1.807) is 13.8 Å². The van der Waals surface area contributed by atoms with Crippen molar-refractivity contribution in [2.75, 3.05) is 13.1 Å². The van der Waals surface area contributed by atoms with E-state index in [-0.39, 0.29) is 49.6 Å². The molecule has 8 heteroatoms. The van der Waals surface area contributed by atoms with Crippen LogP contribution in [-0.2, 0) is 24.0 Å². The molecule has 0 unspecified atom stereocenters. The zero-order chi connectivity index (χ0) is 18.1. The van der Waals surface area contributed by atoms with E-state index in [0.29, 0.717) is 24.7 Å². The second-order valence-electron chi connectivity index (χ2n) is 5.67. The van der Waals surface area contributed by atoms with Crippen molar-refractivity contribution in [1.82, 2.24) is 15.5 Å². The minimum atomic E-state index is -0.505. The van der Waals surface area contributed by atoms with E-state index in [4.69, 9.17) is 0 Å². The van der Waals surface area contributed by atoms with Gasteiger partial charge in [-0.2, -0.15) is 0 Å². The van der Waals surface area contributed by atoms with Gasteiger partial charge in [-0.15, -0.1) is 0 Å². The molecule has 0 aromatic rings. The lowest BCUT2D eigenvalue weighted by molar-refractivity contribution is -0.137. The van der Waals surface area contributed by atoms with Gasteiger partial charge < -0.3 is 15.4 Å². The predicted octanol–water partition coefficient (Wildman–Crippen LogP) is -0.318. The molecule has 1 aliphatic heterocycles. The summed E-state index contributed by atoms with van der Waals surface area (Å²) in [5.41, 5.74) is 0.397. The first-order valence-electron chi connectivity index (χ1n) is 7.90. The van der Waals surface area contributed by atoms with Gasteiger partial charge in [0.1, 0.15) is 6.29 Å². The first-order valence-corrected chi connectivity index (χ1v) is 7.90. The number of nitrogens with one attached hydrogen (secondary N) is 2. The molecule has 1 atom stereocenters. The Balaban J connectivity index is 2.11. The first kappa shape index (κ1) is 19.5. The molecule has 8 nitrogen and oxygen atoms in total. The molecule has 0 spiro atoms. The lowest BCUT2D eigenvalue weighted by Crippen LogP contribution is -2.38. The van der Waals surface area contributed by atoms with Crippen molar-refractivity contribution in [3.05, 3.63) is 11.6 Å². The number of carbonyl (C=O) groups excluding carboxylic acids is 5. The van der Waals surface area contributed by atoms with E-state index in [2.05, 4.69) is 10.6 Å². The molecule has 132 valence electrons. The number of carbonyl (C=O) groups is 5. The molecule has 0 aromatic carbocycles. The van der Waals surface area contributed by atoms with Crippen LogP contribution in [-0.4, -0.2) is 53.9 Å². The second-order valence-corrected chi connectivity index (χ2v) is 5.67. The Bertz CT molecular complexity index is 556. The summed E-state index contributed by atoms with van der Waals surface area (Å²) in [6, 6.07) is -0.505. The molecule has 0 aliphatic carbocycles. The monoisotopic (exact) mass is 337 g/mol. The van der Waals surface area contributed by atoms with Gasteiger partial charge in [0.2, 0.25) is 11.8 Å². The van der Waals surface area contributed by atoms with E-state index in [9.17, 15) is 24.0 Å². The van der Waals surface area contributed by atoms with Crippen molar-refractivity contribution >= 4 is 29.9 Å². The number of hydrogen-bond donors (Lipinski definition) is 2. The van der Waals surface area contributed by atoms with Gasteiger partial charge in [-0.1, -0.05) is 0 Å². The lowest BCUT2D eigenvalue weighted by atomic mass is 10.1. The van der Waals surface area contributed by atoms with Crippen LogP contribution in [0.25, 0.3) is 0 Å². The van der Waals surface area contributed by atoms with E-state index in [1.807, 2.05) is 0 Å². The third kappa shape index (κ3) is 6.31. The highest BCUT2D eigenvalue weighted by Crippen LogP contribution is 2.10. The number of nitrogens with zero attached hydrogens (tertiary/aromatic N) is 1. The SMILES string of the molecule is CC1=CC(=O)N(CCNC(=O)CCCCC(=O)N[C@@H](C)C=O)C1=O.